The summed E-state index contributed by atoms with van der Waals surface area (Å²) in [6, 6.07) is 7.12. The summed E-state index contributed by atoms with van der Waals surface area (Å²) in [5.74, 6) is 0.923. The Morgan fingerprint density at radius 2 is 2.04 bits per heavy atom. The summed E-state index contributed by atoms with van der Waals surface area (Å²) < 4.78 is 40.5. The van der Waals surface area contributed by atoms with Gasteiger partial charge in [0, 0.05) is 30.7 Å². The van der Waals surface area contributed by atoms with Crippen LogP contribution in [0.5, 0.6) is 0 Å². The van der Waals surface area contributed by atoms with Crippen LogP contribution in [-0.4, -0.2) is 24.7 Å². The van der Waals surface area contributed by atoms with Crippen molar-refractivity contribution in [3.8, 4) is 5.82 Å². The average molecular weight is 386 g/mol. The molecule has 0 aliphatic rings. The van der Waals surface area contributed by atoms with Gasteiger partial charge in [-0.1, -0.05) is 6.07 Å². The molecule has 0 saturated carbocycles. The van der Waals surface area contributed by atoms with Gasteiger partial charge in [-0.3, -0.25) is 4.79 Å². The summed E-state index contributed by atoms with van der Waals surface area (Å²) in [4.78, 5) is 23.3. The molecule has 3 heterocycles. The quantitative estimate of drug-likeness (QED) is 0.527. The Morgan fingerprint density at radius 1 is 1.21 bits per heavy atom. The second kappa shape index (κ2) is 6.48. The fraction of sp³-hybridized carbons (Fsp3) is 0.111. The number of halogens is 3. The number of aromatic nitrogens is 5. The van der Waals surface area contributed by atoms with Gasteiger partial charge in [0.2, 0.25) is 0 Å². The maximum Gasteiger partial charge on any atom is 0.418 e. The number of benzene rings is 1. The highest BCUT2D eigenvalue weighted by atomic mass is 19.4. The summed E-state index contributed by atoms with van der Waals surface area (Å²) in [6.07, 6.45) is 0.603. The molecule has 0 saturated heterocycles. The molecule has 10 heteroatoms. The minimum Gasteiger partial charge on any atom is -0.398 e. The van der Waals surface area contributed by atoms with Gasteiger partial charge in [0.15, 0.2) is 5.82 Å². The Morgan fingerprint density at radius 3 is 2.68 bits per heavy atom. The smallest absolute Gasteiger partial charge is 0.398 e. The van der Waals surface area contributed by atoms with E-state index in [1.807, 2.05) is 0 Å². The summed E-state index contributed by atoms with van der Waals surface area (Å²) in [7, 11) is 0. The number of hydrogen-bond donors (Lipinski definition) is 2. The fourth-order valence-electron chi connectivity index (χ4n) is 2.83. The third-order valence-electron chi connectivity index (χ3n) is 4.15. The highest BCUT2D eigenvalue weighted by molar-refractivity contribution is 5.83. The van der Waals surface area contributed by atoms with E-state index in [0.29, 0.717) is 11.6 Å². The van der Waals surface area contributed by atoms with Crippen LogP contribution in [0.3, 0.4) is 0 Å². The number of nitrogens with zero attached hydrogens (tertiary/aromatic N) is 4. The monoisotopic (exact) mass is 386 g/mol. The number of nitrogen functional groups attached to an aromatic ring is 1. The van der Waals surface area contributed by atoms with E-state index in [1.54, 1.807) is 41.5 Å². The third kappa shape index (κ3) is 3.31. The van der Waals surface area contributed by atoms with Crippen molar-refractivity contribution in [2.24, 2.45) is 0 Å². The maximum atomic E-state index is 13.0. The Labute approximate surface area is 155 Å². The number of hydrogen-bond acceptors (Lipinski definition) is 5. The van der Waals surface area contributed by atoms with Crippen molar-refractivity contribution in [3.63, 3.8) is 0 Å². The second-order valence-electron chi connectivity index (χ2n) is 6.12. The third-order valence-corrected chi connectivity index (χ3v) is 4.15. The van der Waals surface area contributed by atoms with Crippen molar-refractivity contribution in [2.75, 3.05) is 5.73 Å². The molecule has 0 atom stereocenters. The predicted molar refractivity (Wildman–Crippen MR) is 95.9 cm³/mol. The lowest BCUT2D eigenvalue weighted by Gasteiger charge is -2.11. The van der Waals surface area contributed by atoms with Crippen molar-refractivity contribution >= 4 is 16.6 Å². The largest absolute Gasteiger partial charge is 0.418 e. The topological polar surface area (TPSA) is 102 Å². The predicted octanol–water partition coefficient (Wildman–Crippen LogP) is 2.70. The number of H-pyrrole nitrogens is 1. The number of alkyl halides is 3. The van der Waals surface area contributed by atoms with Crippen LogP contribution in [-0.2, 0) is 12.6 Å². The number of pyridine rings is 1. The van der Waals surface area contributed by atoms with E-state index in [0.717, 1.165) is 17.7 Å². The van der Waals surface area contributed by atoms with Crippen LogP contribution in [0, 0.1) is 0 Å². The molecular formula is C18H13F3N6O. The molecule has 0 aliphatic heterocycles. The van der Waals surface area contributed by atoms with Gasteiger partial charge in [0.05, 0.1) is 16.5 Å². The second-order valence-corrected chi connectivity index (χ2v) is 6.12. The normalized spacial score (nSPS) is 11.8. The molecule has 1 aromatic carbocycles. The zero-order valence-electron chi connectivity index (χ0n) is 14.2. The van der Waals surface area contributed by atoms with E-state index in [9.17, 15) is 18.0 Å². The van der Waals surface area contributed by atoms with Crippen LogP contribution in [0.25, 0.3) is 16.7 Å². The average Bonchev–Trinajstić information content (AvgIpc) is 3.15. The summed E-state index contributed by atoms with van der Waals surface area (Å²) in [6.45, 7) is 0. The molecular weight excluding hydrogens is 373 g/mol. The molecule has 7 nitrogen and oxygen atoms in total. The van der Waals surface area contributed by atoms with Gasteiger partial charge in [-0.2, -0.15) is 18.3 Å². The van der Waals surface area contributed by atoms with E-state index in [2.05, 4.69) is 20.1 Å². The number of nitrogens with one attached hydrogen (secondary N) is 1. The number of anilines is 1. The highest BCUT2D eigenvalue weighted by Gasteiger charge is 2.33. The molecule has 0 spiro atoms. The SMILES string of the molecule is Nc1cc2nc(Cc3ccc(-n4cccn4)nc3)[nH]c(=O)c2cc1C(F)(F)F. The van der Waals surface area contributed by atoms with Crippen LogP contribution in [0.4, 0.5) is 18.9 Å². The van der Waals surface area contributed by atoms with Gasteiger partial charge in [-0.25, -0.2) is 14.6 Å². The lowest BCUT2D eigenvalue weighted by molar-refractivity contribution is -0.136. The van der Waals surface area contributed by atoms with Gasteiger partial charge in [0.1, 0.15) is 5.82 Å². The number of aromatic amines is 1. The van der Waals surface area contributed by atoms with Gasteiger partial charge in [-0.15, -0.1) is 0 Å². The standard InChI is InChI=1S/C18H13F3N6O/c19-18(20,21)12-7-11-14(8-13(12)22)25-15(26-17(11)28)6-10-2-3-16(23-9-10)27-5-1-4-24-27/h1-5,7-9H,6,22H2,(H,25,26,28). The zero-order chi connectivity index (χ0) is 19.9. The van der Waals surface area contributed by atoms with Crippen molar-refractivity contribution in [1.29, 1.82) is 0 Å². The summed E-state index contributed by atoms with van der Waals surface area (Å²) in [5, 5.41) is 3.91. The Hall–Kier alpha value is -3.69. The number of nitrogens with two attached hydrogens (primary N) is 1. The molecule has 4 aromatic rings. The van der Waals surface area contributed by atoms with E-state index < -0.39 is 23.0 Å². The molecule has 142 valence electrons. The van der Waals surface area contributed by atoms with Gasteiger partial charge in [0.25, 0.3) is 5.56 Å². The van der Waals surface area contributed by atoms with Crippen LogP contribution in [0.1, 0.15) is 17.0 Å². The van der Waals surface area contributed by atoms with Gasteiger partial charge in [-0.05, 0) is 29.8 Å². The molecule has 0 fully saturated rings. The lowest BCUT2D eigenvalue weighted by atomic mass is 10.1. The maximum absolute atomic E-state index is 13.0. The first-order chi connectivity index (χ1) is 13.3. The van der Waals surface area contributed by atoms with E-state index in [4.69, 9.17) is 5.73 Å². The molecule has 0 unspecified atom stereocenters. The van der Waals surface area contributed by atoms with Crippen molar-refractivity contribution < 1.29 is 13.2 Å². The minimum absolute atomic E-state index is 0.102. The van der Waals surface area contributed by atoms with Crippen molar-refractivity contribution in [1.82, 2.24) is 24.7 Å². The zero-order valence-corrected chi connectivity index (χ0v) is 14.2. The summed E-state index contributed by atoms with van der Waals surface area (Å²) in [5.41, 5.74) is 4.17. The Balaban J connectivity index is 1.67. The van der Waals surface area contributed by atoms with Crippen LogP contribution < -0.4 is 11.3 Å². The first-order valence-electron chi connectivity index (χ1n) is 8.16. The molecule has 3 aromatic heterocycles. The fourth-order valence-corrected chi connectivity index (χ4v) is 2.83. The number of fused-ring (bicyclic) bond motifs is 1. The molecule has 0 bridgehead atoms. The van der Waals surface area contributed by atoms with E-state index in [1.165, 1.54) is 0 Å². The van der Waals surface area contributed by atoms with Gasteiger partial charge < -0.3 is 10.7 Å². The van der Waals surface area contributed by atoms with E-state index in [-0.39, 0.29) is 17.3 Å². The first-order valence-corrected chi connectivity index (χ1v) is 8.16. The van der Waals surface area contributed by atoms with Crippen LogP contribution >= 0.6 is 0 Å². The summed E-state index contributed by atoms with van der Waals surface area (Å²) >= 11 is 0. The van der Waals surface area contributed by atoms with Crippen molar-refractivity contribution in [2.45, 2.75) is 12.6 Å². The molecule has 3 N–H and O–H groups in total. The molecule has 0 radical (unpaired) electrons. The molecule has 0 aliphatic carbocycles. The molecule has 28 heavy (non-hydrogen) atoms. The molecule has 0 amide bonds. The van der Waals surface area contributed by atoms with Crippen LogP contribution in [0.15, 0.2) is 53.7 Å². The van der Waals surface area contributed by atoms with Crippen molar-refractivity contribution in [3.05, 3.63) is 76.2 Å². The number of rotatable bonds is 3. The Bertz CT molecular complexity index is 1200. The highest BCUT2D eigenvalue weighted by Crippen LogP contribution is 2.35. The minimum atomic E-state index is -4.65. The van der Waals surface area contributed by atoms with E-state index >= 15 is 0 Å². The van der Waals surface area contributed by atoms with Crippen LogP contribution in [0.2, 0.25) is 0 Å². The Kier molecular flexibility index (Phi) is 4.10. The lowest BCUT2D eigenvalue weighted by Crippen LogP contribution is -2.15. The van der Waals surface area contributed by atoms with Gasteiger partial charge >= 0.3 is 6.18 Å². The first kappa shape index (κ1) is 17.7. The molecule has 4 rings (SSSR count).